The van der Waals surface area contributed by atoms with Gasteiger partial charge in [-0.15, -0.1) is 0 Å². The monoisotopic (exact) mass is 1220 g/mol. The van der Waals surface area contributed by atoms with E-state index in [1.165, 1.54) is 153 Å². The Bertz CT molecular complexity index is 5320. The first kappa shape index (κ1) is 49.7. The Morgan fingerprint density at radius 2 is 0.549 bits per heavy atom. The predicted molar refractivity (Wildman–Crippen MR) is 385 cm³/mol. The van der Waals surface area contributed by atoms with Crippen LogP contribution in [0.15, 0.2) is 303 Å². The summed E-state index contributed by atoms with van der Waals surface area (Å²) in [5.41, 5.74) is 31.6. The summed E-state index contributed by atoms with van der Waals surface area (Å²) in [6.07, 6.45) is 0. The maximum atomic E-state index is 2.73. The van der Waals surface area contributed by atoms with Gasteiger partial charge in [-0.25, -0.2) is 0 Å². The third-order valence-electron chi connectivity index (χ3n) is 20.1. The molecule has 420 valence electrons. The average molecular weight is 1220 g/mol. The van der Waals surface area contributed by atoms with Crippen molar-refractivity contribution in [1.29, 1.82) is 0 Å². The number of hydrogen-bond donors (Lipinski definition) is 0. The standard InChI is InChI=1S/C82H50B2N6Se/c1-5-23-51(24-6-1)53-41-43-63-71(45-53)85(55-27-9-3-10-28-55)73-47-57(87-65-35-17-13-31-59(65)60-32-14-18-36-66(60)87)49-75-77(73)83(63)81-79-80-82(91-81)84-64-44-42-54(52-25-7-2-8-26-52)46-72(64)86(56-29-11-4-12-30-56)74-48-58(88-67-37-19-15-33-61(67)62-34-16-20-38-68(62)88)50-76(78(74)84)90(80)70-40-22-21-39-69(70)89(75)79/h1-50H. The van der Waals surface area contributed by atoms with Gasteiger partial charge < -0.3 is 0 Å². The summed E-state index contributed by atoms with van der Waals surface area (Å²) in [5, 5.41) is 4.97. The van der Waals surface area contributed by atoms with E-state index >= 15 is 0 Å². The van der Waals surface area contributed by atoms with Crippen molar-refractivity contribution in [3.63, 3.8) is 0 Å². The van der Waals surface area contributed by atoms with Crippen LogP contribution in [-0.2, 0) is 0 Å². The number of hydrogen-bond acceptors (Lipinski definition) is 4. The first-order valence-corrected chi connectivity index (χ1v) is 33.2. The van der Waals surface area contributed by atoms with Crippen LogP contribution in [-0.4, -0.2) is 37.1 Å². The quantitative estimate of drug-likeness (QED) is 0.155. The summed E-state index contributed by atoms with van der Waals surface area (Å²) in [5.74, 6) is 0. The number of nitrogens with zero attached hydrogens (tertiary/aromatic N) is 6. The summed E-state index contributed by atoms with van der Waals surface area (Å²) < 4.78 is 8.06. The molecule has 0 unspecified atom stereocenters. The molecule has 5 aliphatic heterocycles. The van der Waals surface area contributed by atoms with Gasteiger partial charge in [0, 0.05) is 0 Å². The Morgan fingerprint density at radius 1 is 0.231 bits per heavy atom. The van der Waals surface area contributed by atoms with Crippen LogP contribution < -0.4 is 50.1 Å². The third-order valence-corrected chi connectivity index (χ3v) is 22.8. The Hall–Kier alpha value is -11.2. The van der Waals surface area contributed by atoms with E-state index in [0.29, 0.717) is 0 Å². The molecule has 5 aliphatic rings. The number of benzene rings is 13. The van der Waals surface area contributed by atoms with Gasteiger partial charge in [0.2, 0.25) is 0 Å². The molecule has 0 N–H and O–H groups in total. The minimum atomic E-state index is -0.145. The van der Waals surface area contributed by atoms with E-state index in [2.05, 4.69) is 332 Å². The molecule has 0 atom stereocenters. The number of aromatic nitrogens is 2. The molecule has 0 fully saturated rings. The Labute approximate surface area is 532 Å². The summed E-state index contributed by atoms with van der Waals surface area (Å²) in [6, 6.07) is 114. The molecule has 0 saturated carbocycles. The molecule has 91 heavy (non-hydrogen) atoms. The van der Waals surface area contributed by atoms with Gasteiger partial charge in [0.15, 0.2) is 0 Å². The second-order valence-corrected chi connectivity index (χ2v) is 27.0. The molecule has 0 bridgehead atoms. The van der Waals surface area contributed by atoms with E-state index < -0.39 is 0 Å². The fraction of sp³-hybridized carbons (Fsp3) is 0. The number of para-hydroxylation sites is 8. The van der Waals surface area contributed by atoms with Gasteiger partial charge in [0.1, 0.15) is 0 Å². The van der Waals surface area contributed by atoms with Gasteiger partial charge in [-0.2, -0.15) is 0 Å². The van der Waals surface area contributed by atoms with Gasteiger partial charge in [-0.3, -0.25) is 0 Å². The zero-order valence-electron chi connectivity index (χ0n) is 49.1. The molecule has 3 aromatic heterocycles. The van der Waals surface area contributed by atoms with E-state index in [-0.39, 0.29) is 27.9 Å². The summed E-state index contributed by atoms with van der Waals surface area (Å²) in [6.45, 7) is -0.109. The van der Waals surface area contributed by atoms with Crippen molar-refractivity contribution < 1.29 is 0 Å². The molecule has 0 aliphatic carbocycles. The second-order valence-electron chi connectivity index (χ2n) is 24.7. The van der Waals surface area contributed by atoms with E-state index in [4.69, 9.17) is 0 Å². The van der Waals surface area contributed by atoms with Gasteiger partial charge in [-0.05, 0) is 0 Å². The molecule has 0 radical (unpaired) electrons. The van der Waals surface area contributed by atoms with Crippen LogP contribution in [0.3, 0.4) is 0 Å². The van der Waals surface area contributed by atoms with E-state index in [1.54, 1.807) is 0 Å². The number of fused-ring (bicyclic) bond motifs is 17. The number of anilines is 12. The Morgan fingerprint density at radius 3 is 0.923 bits per heavy atom. The van der Waals surface area contributed by atoms with Crippen molar-refractivity contribution in [2.75, 3.05) is 19.6 Å². The zero-order valence-corrected chi connectivity index (χ0v) is 50.8. The topological polar surface area (TPSA) is 22.8 Å². The van der Waals surface area contributed by atoms with Crippen LogP contribution in [0.4, 0.5) is 68.2 Å². The van der Waals surface area contributed by atoms with Crippen molar-refractivity contribution in [2.45, 2.75) is 0 Å². The van der Waals surface area contributed by atoms with Gasteiger partial charge in [-0.1, -0.05) is 0 Å². The van der Waals surface area contributed by atoms with E-state index in [9.17, 15) is 0 Å². The molecule has 0 spiro atoms. The zero-order chi connectivity index (χ0) is 59.2. The molecular weight excluding hydrogens is 1170 g/mol. The second kappa shape index (κ2) is 18.7. The maximum absolute atomic E-state index is 2.73. The Kier molecular flexibility index (Phi) is 10.2. The van der Waals surface area contributed by atoms with Crippen LogP contribution >= 0.6 is 0 Å². The van der Waals surface area contributed by atoms with E-state index in [0.717, 1.165) is 22.7 Å². The van der Waals surface area contributed by atoms with Crippen LogP contribution in [0.25, 0.3) is 77.2 Å². The molecule has 9 heteroatoms. The minimum absolute atomic E-state index is 0.0546. The predicted octanol–water partition coefficient (Wildman–Crippen LogP) is 16.8. The molecule has 0 amide bonds. The molecule has 13 aromatic carbocycles. The Balaban J connectivity index is 0.907. The van der Waals surface area contributed by atoms with Crippen LogP contribution in [0.5, 0.6) is 0 Å². The van der Waals surface area contributed by atoms with Gasteiger partial charge in [0.25, 0.3) is 0 Å². The average Bonchev–Trinajstić information content (AvgIpc) is 1.61. The molecule has 6 nitrogen and oxygen atoms in total. The summed E-state index contributed by atoms with van der Waals surface area (Å²) in [7, 11) is 0. The van der Waals surface area contributed by atoms with Crippen LogP contribution in [0, 0.1) is 0 Å². The molecule has 0 saturated heterocycles. The third kappa shape index (κ3) is 6.78. The van der Waals surface area contributed by atoms with Gasteiger partial charge in [0.05, 0.1) is 0 Å². The van der Waals surface area contributed by atoms with Gasteiger partial charge >= 0.3 is 536 Å². The van der Waals surface area contributed by atoms with Crippen LogP contribution in [0.2, 0.25) is 0 Å². The van der Waals surface area contributed by atoms with Crippen molar-refractivity contribution in [2.24, 2.45) is 0 Å². The SMILES string of the molecule is c1ccc(-c2ccc3c(c2)N(c2ccccc2)c2cc(-n4c5ccccc5c5ccccc54)cc4c2B3c2[se]c3c5c2N4c2ccccc2N5c2cc(-n4c5ccccc5c5ccccc54)cc4c2B3c2ccc(-c3ccccc3)cc2N4c2ccccc2)cc1. The number of rotatable bonds is 6. The fourth-order valence-corrected chi connectivity index (χ4v) is 19.7. The molecule has 8 heterocycles. The molecular formula is C82H50B2N6Se. The fourth-order valence-electron chi connectivity index (χ4n) is 16.5. The first-order valence-electron chi connectivity index (χ1n) is 31.5. The summed E-state index contributed by atoms with van der Waals surface area (Å²) in [4.78, 5) is 10.6. The van der Waals surface area contributed by atoms with Crippen LogP contribution in [0.1, 0.15) is 0 Å². The van der Waals surface area contributed by atoms with Crippen molar-refractivity contribution in [3.8, 4) is 33.6 Å². The normalized spacial score (nSPS) is 13.6. The summed E-state index contributed by atoms with van der Waals surface area (Å²) >= 11 is -0.145. The molecule has 16 aromatic rings. The van der Waals surface area contributed by atoms with E-state index in [1.807, 2.05) is 0 Å². The van der Waals surface area contributed by atoms with Crippen molar-refractivity contribution in [3.05, 3.63) is 303 Å². The van der Waals surface area contributed by atoms with Crippen molar-refractivity contribution >= 4 is 170 Å². The van der Waals surface area contributed by atoms with Crippen molar-refractivity contribution in [1.82, 2.24) is 9.13 Å². The first-order chi connectivity index (χ1) is 45.2. The molecule has 21 rings (SSSR count).